The van der Waals surface area contributed by atoms with Crippen molar-refractivity contribution in [1.29, 1.82) is 0 Å². The first-order valence-corrected chi connectivity index (χ1v) is 6.50. The van der Waals surface area contributed by atoms with Crippen LogP contribution in [0.5, 0.6) is 0 Å². The van der Waals surface area contributed by atoms with E-state index < -0.39 is 0 Å². The van der Waals surface area contributed by atoms with E-state index in [1.165, 1.54) is 25.7 Å². The minimum Gasteiger partial charge on any atom is -0.395 e. The maximum Gasteiger partial charge on any atom is 0.0584 e. The number of hydrogen-bond donors (Lipinski definition) is 2. The Bertz CT molecular complexity index is 164. The summed E-state index contributed by atoms with van der Waals surface area (Å²) >= 11 is 0. The second-order valence-electron chi connectivity index (χ2n) is 5.51. The summed E-state index contributed by atoms with van der Waals surface area (Å²) < 4.78 is 0. The number of aliphatic hydroxyl groups excluding tert-OH is 1. The number of nitrogens with one attached hydrogen (secondary N) is 1. The normalized spacial score (nSPS) is 22.2. The fourth-order valence-electron chi connectivity index (χ4n) is 2.73. The molecule has 1 fully saturated rings. The summed E-state index contributed by atoms with van der Waals surface area (Å²) in [5, 5.41) is 12.9. The van der Waals surface area contributed by atoms with Gasteiger partial charge in [-0.2, -0.15) is 0 Å². The van der Waals surface area contributed by atoms with Gasteiger partial charge in [0.1, 0.15) is 0 Å². The molecule has 2 atom stereocenters. The Morgan fingerprint density at radius 3 is 2.27 bits per heavy atom. The SMILES string of the molecule is CC(C)CC(CO)NC(C)C1CCCC1. The Morgan fingerprint density at radius 1 is 1.20 bits per heavy atom. The van der Waals surface area contributed by atoms with Crippen molar-refractivity contribution in [3.8, 4) is 0 Å². The van der Waals surface area contributed by atoms with Crippen LogP contribution in [0.4, 0.5) is 0 Å². The third-order valence-electron chi connectivity index (χ3n) is 3.58. The van der Waals surface area contributed by atoms with Crippen molar-refractivity contribution in [3.63, 3.8) is 0 Å². The van der Waals surface area contributed by atoms with Gasteiger partial charge in [-0.15, -0.1) is 0 Å². The van der Waals surface area contributed by atoms with Crippen LogP contribution >= 0.6 is 0 Å². The quantitative estimate of drug-likeness (QED) is 0.711. The van der Waals surface area contributed by atoms with E-state index in [9.17, 15) is 5.11 Å². The van der Waals surface area contributed by atoms with Crippen molar-refractivity contribution < 1.29 is 5.11 Å². The van der Waals surface area contributed by atoms with Crippen molar-refractivity contribution >= 4 is 0 Å². The van der Waals surface area contributed by atoms with Gasteiger partial charge in [-0.05, 0) is 38.0 Å². The lowest BCUT2D eigenvalue weighted by Gasteiger charge is -2.27. The van der Waals surface area contributed by atoms with Gasteiger partial charge in [0.15, 0.2) is 0 Å². The predicted octanol–water partition coefficient (Wildman–Crippen LogP) is 2.56. The zero-order chi connectivity index (χ0) is 11.3. The molecule has 90 valence electrons. The maximum atomic E-state index is 9.30. The molecular weight excluding hydrogens is 186 g/mol. The Kier molecular flexibility index (Phi) is 5.62. The van der Waals surface area contributed by atoms with Crippen molar-refractivity contribution in [2.45, 2.75) is 65.0 Å². The molecule has 1 saturated carbocycles. The van der Waals surface area contributed by atoms with Gasteiger partial charge in [-0.3, -0.25) is 0 Å². The minimum atomic E-state index is 0.273. The Morgan fingerprint density at radius 2 is 1.80 bits per heavy atom. The molecule has 0 spiro atoms. The monoisotopic (exact) mass is 213 g/mol. The minimum absolute atomic E-state index is 0.273. The van der Waals surface area contributed by atoms with Gasteiger partial charge < -0.3 is 10.4 Å². The fraction of sp³-hybridized carbons (Fsp3) is 1.00. The highest BCUT2D eigenvalue weighted by molar-refractivity contribution is 4.80. The summed E-state index contributed by atoms with van der Waals surface area (Å²) in [7, 11) is 0. The molecule has 0 amide bonds. The van der Waals surface area contributed by atoms with Crippen LogP contribution in [-0.2, 0) is 0 Å². The summed E-state index contributed by atoms with van der Waals surface area (Å²) in [5.74, 6) is 1.50. The van der Waals surface area contributed by atoms with E-state index in [0.29, 0.717) is 18.0 Å². The molecule has 2 nitrogen and oxygen atoms in total. The molecule has 0 saturated heterocycles. The molecular formula is C13H27NO. The van der Waals surface area contributed by atoms with E-state index in [2.05, 4.69) is 26.1 Å². The van der Waals surface area contributed by atoms with Crippen LogP contribution in [0.2, 0.25) is 0 Å². The Hall–Kier alpha value is -0.0800. The zero-order valence-corrected chi connectivity index (χ0v) is 10.5. The maximum absolute atomic E-state index is 9.30. The first kappa shape index (κ1) is 13.0. The van der Waals surface area contributed by atoms with Crippen LogP contribution < -0.4 is 5.32 Å². The average molecular weight is 213 g/mol. The topological polar surface area (TPSA) is 32.3 Å². The first-order chi connectivity index (χ1) is 7.13. The lowest BCUT2D eigenvalue weighted by Crippen LogP contribution is -2.43. The molecule has 1 aliphatic carbocycles. The van der Waals surface area contributed by atoms with Gasteiger partial charge in [0.25, 0.3) is 0 Å². The Balaban J connectivity index is 2.29. The van der Waals surface area contributed by atoms with Gasteiger partial charge in [0, 0.05) is 12.1 Å². The number of hydrogen-bond acceptors (Lipinski definition) is 2. The van der Waals surface area contributed by atoms with Crippen molar-refractivity contribution in [3.05, 3.63) is 0 Å². The first-order valence-electron chi connectivity index (χ1n) is 6.50. The van der Waals surface area contributed by atoms with Crippen molar-refractivity contribution in [2.24, 2.45) is 11.8 Å². The van der Waals surface area contributed by atoms with E-state index >= 15 is 0 Å². The molecule has 0 bridgehead atoms. The molecule has 1 aliphatic rings. The summed E-state index contributed by atoms with van der Waals surface area (Å²) in [6, 6.07) is 0.865. The van der Waals surface area contributed by atoms with Gasteiger partial charge in [-0.1, -0.05) is 26.7 Å². The third kappa shape index (κ3) is 4.52. The van der Waals surface area contributed by atoms with Crippen LogP contribution in [0.15, 0.2) is 0 Å². The summed E-state index contributed by atoms with van der Waals surface area (Å²) in [6.45, 7) is 6.98. The van der Waals surface area contributed by atoms with Gasteiger partial charge in [0.05, 0.1) is 6.61 Å². The van der Waals surface area contributed by atoms with E-state index in [-0.39, 0.29) is 6.61 Å². The lowest BCUT2D eigenvalue weighted by molar-refractivity contribution is 0.201. The molecule has 0 heterocycles. The van der Waals surface area contributed by atoms with E-state index in [4.69, 9.17) is 0 Å². The molecule has 2 heteroatoms. The highest BCUT2D eigenvalue weighted by Crippen LogP contribution is 2.27. The summed E-state index contributed by atoms with van der Waals surface area (Å²) in [6.07, 6.45) is 6.60. The van der Waals surface area contributed by atoms with Gasteiger partial charge in [-0.25, -0.2) is 0 Å². The zero-order valence-electron chi connectivity index (χ0n) is 10.5. The summed E-state index contributed by atoms with van der Waals surface area (Å²) in [4.78, 5) is 0. The second kappa shape index (κ2) is 6.49. The molecule has 0 aliphatic heterocycles. The molecule has 0 aromatic carbocycles. The van der Waals surface area contributed by atoms with Crippen molar-refractivity contribution in [1.82, 2.24) is 5.32 Å². The van der Waals surface area contributed by atoms with Gasteiger partial charge >= 0.3 is 0 Å². The van der Waals surface area contributed by atoms with Crippen LogP contribution in [0, 0.1) is 11.8 Å². The van der Waals surface area contributed by atoms with E-state index in [1.54, 1.807) is 0 Å². The third-order valence-corrected chi connectivity index (χ3v) is 3.58. The highest BCUT2D eigenvalue weighted by atomic mass is 16.3. The predicted molar refractivity (Wildman–Crippen MR) is 64.9 cm³/mol. The molecule has 0 radical (unpaired) electrons. The average Bonchev–Trinajstić information content (AvgIpc) is 2.68. The standard InChI is InChI=1S/C13H27NO/c1-10(2)8-13(9-15)14-11(3)12-6-4-5-7-12/h10-15H,4-9H2,1-3H3. The van der Waals surface area contributed by atoms with Crippen molar-refractivity contribution in [2.75, 3.05) is 6.61 Å². The lowest BCUT2D eigenvalue weighted by atomic mass is 9.97. The van der Waals surface area contributed by atoms with Crippen LogP contribution in [-0.4, -0.2) is 23.8 Å². The van der Waals surface area contributed by atoms with E-state index in [0.717, 1.165) is 12.3 Å². The molecule has 1 rings (SSSR count). The molecule has 15 heavy (non-hydrogen) atoms. The molecule has 0 aromatic heterocycles. The number of aliphatic hydroxyl groups is 1. The smallest absolute Gasteiger partial charge is 0.0584 e. The van der Waals surface area contributed by atoms with Crippen LogP contribution in [0.25, 0.3) is 0 Å². The van der Waals surface area contributed by atoms with E-state index in [1.807, 2.05) is 0 Å². The van der Waals surface area contributed by atoms with Crippen LogP contribution in [0.1, 0.15) is 52.9 Å². The fourth-order valence-corrected chi connectivity index (χ4v) is 2.73. The molecule has 2 unspecified atom stereocenters. The molecule has 0 aromatic rings. The van der Waals surface area contributed by atoms with Crippen LogP contribution in [0.3, 0.4) is 0 Å². The number of rotatable bonds is 6. The Labute approximate surface area is 94.5 Å². The second-order valence-corrected chi connectivity index (χ2v) is 5.51. The van der Waals surface area contributed by atoms with Gasteiger partial charge in [0.2, 0.25) is 0 Å². The molecule has 2 N–H and O–H groups in total. The largest absolute Gasteiger partial charge is 0.395 e. The highest BCUT2D eigenvalue weighted by Gasteiger charge is 2.23. The summed E-state index contributed by atoms with van der Waals surface area (Å²) in [5.41, 5.74) is 0.